The van der Waals surface area contributed by atoms with Crippen LogP contribution in [0, 0.1) is 5.92 Å². The molecule has 0 aromatic heterocycles. The molecule has 0 fully saturated rings. The van der Waals surface area contributed by atoms with E-state index in [1.165, 1.54) is 7.11 Å². The minimum atomic E-state index is -0.395. The lowest BCUT2D eigenvalue weighted by Gasteiger charge is -2.11. The molecule has 138 valence electrons. The Kier molecular flexibility index (Phi) is 7.02. The van der Waals surface area contributed by atoms with Crippen molar-refractivity contribution < 1.29 is 19.1 Å². The summed E-state index contributed by atoms with van der Waals surface area (Å²) in [4.78, 5) is 23.5. The van der Waals surface area contributed by atoms with Crippen LogP contribution in [0.15, 0.2) is 48.5 Å². The maximum absolute atomic E-state index is 12.1. The standard InChI is InChI=1S/C20H24N2O4/c1-14(2)13-26-18-6-4-5-17(11-18)22-19(23)12-21-16-9-7-15(8-10-16)20(24)25-3/h4-11,14,21H,12-13H2,1-3H3,(H,22,23). The smallest absolute Gasteiger partial charge is 0.337 e. The second-order valence-electron chi connectivity index (χ2n) is 6.20. The molecule has 1 amide bonds. The number of carbonyl (C=O) groups is 2. The Bertz CT molecular complexity index is 742. The zero-order chi connectivity index (χ0) is 18.9. The summed E-state index contributed by atoms with van der Waals surface area (Å²) in [6.07, 6.45) is 0. The first-order valence-corrected chi connectivity index (χ1v) is 8.43. The molecule has 0 aliphatic carbocycles. The van der Waals surface area contributed by atoms with E-state index in [0.29, 0.717) is 23.8 Å². The Morgan fingerprint density at radius 3 is 2.42 bits per heavy atom. The van der Waals surface area contributed by atoms with Crippen molar-refractivity contribution in [2.75, 3.05) is 30.9 Å². The van der Waals surface area contributed by atoms with Crippen LogP contribution < -0.4 is 15.4 Å². The summed E-state index contributed by atoms with van der Waals surface area (Å²) >= 11 is 0. The van der Waals surface area contributed by atoms with E-state index in [4.69, 9.17) is 4.74 Å². The van der Waals surface area contributed by atoms with Crippen LogP contribution >= 0.6 is 0 Å². The van der Waals surface area contributed by atoms with Crippen molar-refractivity contribution in [3.8, 4) is 5.75 Å². The molecule has 0 heterocycles. The molecule has 0 spiro atoms. The minimum Gasteiger partial charge on any atom is -0.493 e. The van der Waals surface area contributed by atoms with Crippen LogP contribution in [-0.4, -0.2) is 32.1 Å². The van der Waals surface area contributed by atoms with Crippen LogP contribution in [0.5, 0.6) is 5.75 Å². The number of rotatable bonds is 8. The number of anilines is 2. The van der Waals surface area contributed by atoms with E-state index >= 15 is 0 Å². The summed E-state index contributed by atoms with van der Waals surface area (Å²) in [7, 11) is 1.34. The first-order valence-electron chi connectivity index (χ1n) is 8.43. The number of esters is 1. The highest BCUT2D eigenvalue weighted by Crippen LogP contribution is 2.18. The second kappa shape index (κ2) is 9.46. The maximum Gasteiger partial charge on any atom is 0.337 e. The molecule has 0 unspecified atom stereocenters. The quantitative estimate of drug-likeness (QED) is 0.707. The van der Waals surface area contributed by atoms with E-state index in [0.717, 1.165) is 11.4 Å². The Balaban J connectivity index is 1.85. The molecule has 2 aromatic carbocycles. The van der Waals surface area contributed by atoms with E-state index in [-0.39, 0.29) is 12.5 Å². The molecule has 0 saturated heterocycles. The predicted molar refractivity (Wildman–Crippen MR) is 102 cm³/mol. The van der Waals surface area contributed by atoms with Crippen LogP contribution in [0.4, 0.5) is 11.4 Å². The van der Waals surface area contributed by atoms with Gasteiger partial charge in [-0.1, -0.05) is 19.9 Å². The number of ether oxygens (including phenoxy) is 2. The monoisotopic (exact) mass is 356 g/mol. The molecule has 0 bridgehead atoms. The third-order valence-electron chi connectivity index (χ3n) is 3.46. The summed E-state index contributed by atoms with van der Waals surface area (Å²) in [5, 5.41) is 5.83. The third kappa shape index (κ3) is 6.12. The van der Waals surface area contributed by atoms with E-state index in [2.05, 4.69) is 29.2 Å². The van der Waals surface area contributed by atoms with E-state index in [9.17, 15) is 9.59 Å². The normalized spacial score (nSPS) is 10.3. The highest BCUT2D eigenvalue weighted by Gasteiger charge is 2.06. The Morgan fingerprint density at radius 1 is 1.04 bits per heavy atom. The molecule has 0 aliphatic heterocycles. The molecule has 6 heteroatoms. The van der Waals surface area contributed by atoms with Crippen molar-refractivity contribution in [1.82, 2.24) is 0 Å². The summed E-state index contributed by atoms with van der Waals surface area (Å²) in [5.74, 6) is 0.586. The summed E-state index contributed by atoms with van der Waals surface area (Å²) in [6.45, 7) is 4.89. The summed E-state index contributed by atoms with van der Waals surface area (Å²) in [5.41, 5.74) is 1.88. The highest BCUT2D eigenvalue weighted by molar-refractivity contribution is 5.94. The molecule has 0 saturated carbocycles. The fourth-order valence-electron chi connectivity index (χ4n) is 2.16. The van der Waals surface area contributed by atoms with Crippen LogP contribution in [-0.2, 0) is 9.53 Å². The van der Waals surface area contributed by atoms with Crippen molar-refractivity contribution in [3.05, 3.63) is 54.1 Å². The SMILES string of the molecule is COC(=O)c1ccc(NCC(=O)Nc2cccc(OCC(C)C)c2)cc1. The summed E-state index contributed by atoms with van der Waals surface area (Å²) < 4.78 is 10.3. The number of nitrogens with one attached hydrogen (secondary N) is 2. The highest BCUT2D eigenvalue weighted by atomic mass is 16.5. The number of amides is 1. The first-order chi connectivity index (χ1) is 12.5. The van der Waals surface area contributed by atoms with Gasteiger partial charge >= 0.3 is 5.97 Å². The number of hydrogen-bond acceptors (Lipinski definition) is 5. The van der Waals surface area contributed by atoms with E-state index < -0.39 is 5.97 Å². The topological polar surface area (TPSA) is 76.7 Å². The molecule has 2 aromatic rings. The van der Waals surface area contributed by atoms with Crippen molar-refractivity contribution in [2.24, 2.45) is 5.92 Å². The van der Waals surface area contributed by atoms with Crippen LogP contribution in [0.1, 0.15) is 24.2 Å². The number of hydrogen-bond donors (Lipinski definition) is 2. The molecule has 0 radical (unpaired) electrons. The van der Waals surface area contributed by atoms with Crippen molar-refractivity contribution in [3.63, 3.8) is 0 Å². The molecular formula is C20H24N2O4. The Morgan fingerprint density at radius 2 is 1.77 bits per heavy atom. The average molecular weight is 356 g/mol. The third-order valence-corrected chi connectivity index (χ3v) is 3.46. The van der Waals surface area contributed by atoms with Gasteiger partial charge in [-0.3, -0.25) is 4.79 Å². The fraction of sp³-hybridized carbons (Fsp3) is 0.300. The van der Waals surface area contributed by atoms with Gasteiger partial charge in [-0.25, -0.2) is 4.79 Å². The minimum absolute atomic E-state index is 0.106. The van der Waals surface area contributed by atoms with E-state index in [1.807, 2.05) is 18.2 Å². The molecule has 2 rings (SSSR count). The van der Waals surface area contributed by atoms with Gasteiger partial charge in [0.1, 0.15) is 5.75 Å². The van der Waals surface area contributed by atoms with Crippen LogP contribution in [0.3, 0.4) is 0 Å². The summed E-state index contributed by atoms with van der Waals surface area (Å²) in [6, 6.07) is 14.0. The van der Waals surface area contributed by atoms with Gasteiger partial charge in [0.05, 0.1) is 25.8 Å². The lowest BCUT2D eigenvalue weighted by atomic mass is 10.2. The lowest BCUT2D eigenvalue weighted by Crippen LogP contribution is -2.21. The van der Waals surface area contributed by atoms with Crippen molar-refractivity contribution in [1.29, 1.82) is 0 Å². The fourth-order valence-corrected chi connectivity index (χ4v) is 2.16. The zero-order valence-corrected chi connectivity index (χ0v) is 15.2. The second-order valence-corrected chi connectivity index (χ2v) is 6.20. The van der Waals surface area contributed by atoms with E-state index in [1.54, 1.807) is 30.3 Å². The predicted octanol–water partition coefficient (Wildman–Crippen LogP) is 3.56. The molecule has 2 N–H and O–H groups in total. The molecule has 26 heavy (non-hydrogen) atoms. The van der Waals surface area contributed by atoms with Gasteiger partial charge in [0.15, 0.2) is 0 Å². The van der Waals surface area contributed by atoms with Gasteiger partial charge in [0.25, 0.3) is 0 Å². The van der Waals surface area contributed by atoms with Gasteiger partial charge in [-0.15, -0.1) is 0 Å². The average Bonchev–Trinajstić information content (AvgIpc) is 2.65. The first kappa shape index (κ1) is 19.3. The van der Waals surface area contributed by atoms with Crippen LogP contribution in [0.25, 0.3) is 0 Å². The van der Waals surface area contributed by atoms with Gasteiger partial charge in [0, 0.05) is 17.4 Å². The van der Waals surface area contributed by atoms with Crippen molar-refractivity contribution >= 4 is 23.3 Å². The number of methoxy groups -OCH3 is 1. The maximum atomic E-state index is 12.1. The van der Waals surface area contributed by atoms with Gasteiger partial charge in [0.2, 0.25) is 5.91 Å². The lowest BCUT2D eigenvalue weighted by molar-refractivity contribution is -0.114. The largest absolute Gasteiger partial charge is 0.493 e. The van der Waals surface area contributed by atoms with Crippen molar-refractivity contribution in [2.45, 2.75) is 13.8 Å². The van der Waals surface area contributed by atoms with Gasteiger partial charge < -0.3 is 20.1 Å². The van der Waals surface area contributed by atoms with Crippen LogP contribution in [0.2, 0.25) is 0 Å². The Labute approximate surface area is 153 Å². The van der Waals surface area contributed by atoms with Gasteiger partial charge in [-0.05, 0) is 42.3 Å². The molecular weight excluding hydrogens is 332 g/mol. The number of carbonyl (C=O) groups excluding carboxylic acids is 2. The molecule has 0 atom stereocenters. The zero-order valence-electron chi connectivity index (χ0n) is 15.2. The Hall–Kier alpha value is -3.02. The van der Waals surface area contributed by atoms with Gasteiger partial charge in [-0.2, -0.15) is 0 Å². The molecule has 0 aliphatic rings. The molecule has 6 nitrogen and oxygen atoms in total. The number of benzene rings is 2.